The summed E-state index contributed by atoms with van der Waals surface area (Å²) < 4.78 is 13.9. The Hall–Kier alpha value is -2.68. The molecule has 3 rings (SSSR count). The van der Waals surface area contributed by atoms with Crippen LogP contribution in [0.4, 0.5) is 4.39 Å². The van der Waals surface area contributed by atoms with Gasteiger partial charge in [-0.2, -0.15) is 5.26 Å². The molecule has 1 unspecified atom stereocenters. The highest BCUT2D eigenvalue weighted by atomic mass is 19.1. The van der Waals surface area contributed by atoms with Crippen molar-refractivity contribution in [3.05, 3.63) is 51.6 Å². The zero-order valence-electron chi connectivity index (χ0n) is 11.6. The van der Waals surface area contributed by atoms with Gasteiger partial charge in [-0.15, -0.1) is 0 Å². The van der Waals surface area contributed by atoms with Crippen molar-refractivity contribution in [2.45, 2.75) is 19.6 Å². The van der Waals surface area contributed by atoms with E-state index < -0.39 is 11.4 Å². The number of allylic oxidation sites excluding steroid dienone is 2. The van der Waals surface area contributed by atoms with Crippen molar-refractivity contribution in [3.63, 3.8) is 0 Å². The Labute approximate surface area is 120 Å². The first-order valence-corrected chi connectivity index (χ1v) is 6.49. The van der Waals surface area contributed by atoms with Crippen LogP contribution in [0.3, 0.4) is 0 Å². The maximum Gasteiger partial charge on any atom is 0.266 e. The smallest absolute Gasteiger partial charge is 0.266 e. The first-order chi connectivity index (χ1) is 9.89. The van der Waals surface area contributed by atoms with Crippen molar-refractivity contribution in [3.8, 4) is 6.07 Å². The molecule has 1 aromatic rings. The van der Waals surface area contributed by atoms with Gasteiger partial charge in [-0.05, 0) is 37.6 Å². The van der Waals surface area contributed by atoms with Crippen LogP contribution in [0.15, 0.2) is 34.2 Å². The summed E-state index contributed by atoms with van der Waals surface area (Å²) in [6, 6.07) is 3.42. The van der Waals surface area contributed by atoms with E-state index in [1.165, 1.54) is 6.92 Å². The number of halogens is 1. The number of pyridine rings is 1. The summed E-state index contributed by atoms with van der Waals surface area (Å²) in [6.07, 6.45) is 5.32. The summed E-state index contributed by atoms with van der Waals surface area (Å²) in [5.74, 6) is -1.02. The van der Waals surface area contributed by atoms with Gasteiger partial charge in [0, 0.05) is 17.5 Å². The minimum Gasteiger partial charge on any atom is -0.327 e. The Bertz CT molecular complexity index is 808. The van der Waals surface area contributed by atoms with Gasteiger partial charge < -0.3 is 9.88 Å². The molecule has 0 fully saturated rings. The average molecular weight is 284 g/mol. The van der Waals surface area contributed by atoms with Crippen molar-refractivity contribution >= 4 is 11.4 Å². The van der Waals surface area contributed by atoms with Gasteiger partial charge in [-0.25, -0.2) is 9.38 Å². The minimum absolute atomic E-state index is 0.0566. The molecule has 2 aliphatic heterocycles. The number of aliphatic imine (C=N–C) groups is 1. The molecule has 106 valence electrons. The van der Waals surface area contributed by atoms with Crippen molar-refractivity contribution in [2.24, 2.45) is 4.99 Å². The summed E-state index contributed by atoms with van der Waals surface area (Å²) >= 11 is 0. The van der Waals surface area contributed by atoms with E-state index in [-0.39, 0.29) is 12.1 Å². The van der Waals surface area contributed by atoms with Gasteiger partial charge in [0.1, 0.15) is 17.5 Å². The number of aromatic nitrogens is 1. The number of aryl methyl sites for hydroxylation is 1. The average Bonchev–Trinajstić information content (AvgIpc) is 2.71. The molecule has 0 spiro atoms. The SMILES string of the molecule is Cc1[nH]c(=O)c(C#N)cc1C1=CN2CC(C)(F)N=C2C=C1. The van der Waals surface area contributed by atoms with Crippen LogP contribution in [0.1, 0.15) is 23.7 Å². The number of nitriles is 1. The maximum atomic E-state index is 13.9. The largest absolute Gasteiger partial charge is 0.327 e. The molecule has 0 aromatic carbocycles. The lowest BCUT2D eigenvalue weighted by Gasteiger charge is -2.20. The molecule has 2 aliphatic rings. The van der Waals surface area contributed by atoms with Crippen LogP contribution in [0.5, 0.6) is 0 Å². The van der Waals surface area contributed by atoms with Crippen molar-refractivity contribution < 1.29 is 4.39 Å². The second kappa shape index (κ2) is 4.42. The molecule has 0 amide bonds. The van der Waals surface area contributed by atoms with E-state index in [4.69, 9.17) is 5.26 Å². The second-order valence-corrected chi connectivity index (χ2v) is 5.32. The highest BCUT2D eigenvalue weighted by Crippen LogP contribution is 2.29. The van der Waals surface area contributed by atoms with Gasteiger partial charge in [-0.3, -0.25) is 4.79 Å². The van der Waals surface area contributed by atoms with E-state index in [1.54, 1.807) is 36.2 Å². The molecule has 21 heavy (non-hydrogen) atoms. The summed E-state index contributed by atoms with van der Waals surface area (Å²) in [7, 11) is 0. The molecular formula is C15H13FN4O. The number of amidine groups is 1. The summed E-state index contributed by atoms with van der Waals surface area (Å²) in [4.78, 5) is 19.9. The number of nitrogens with one attached hydrogen (secondary N) is 1. The van der Waals surface area contributed by atoms with E-state index in [1.807, 2.05) is 6.07 Å². The molecule has 3 heterocycles. The Morgan fingerprint density at radius 2 is 2.29 bits per heavy atom. The number of fused-ring (bicyclic) bond motifs is 1. The fourth-order valence-corrected chi connectivity index (χ4v) is 2.52. The van der Waals surface area contributed by atoms with Crippen LogP contribution < -0.4 is 5.56 Å². The zero-order chi connectivity index (χ0) is 15.2. The predicted molar refractivity (Wildman–Crippen MR) is 77.3 cm³/mol. The number of rotatable bonds is 1. The highest BCUT2D eigenvalue weighted by Gasteiger charge is 2.34. The number of alkyl halides is 1. The van der Waals surface area contributed by atoms with Crippen molar-refractivity contribution in [1.82, 2.24) is 9.88 Å². The minimum atomic E-state index is -1.59. The van der Waals surface area contributed by atoms with Crippen LogP contribution in [-0.4, -0.2) is 28.1 Å². The Balaban J connectivity index is 2.05. The van der Waals surface area contributed by atoms with Crippen molar-refractivity contribution in [1.29, 1.82) is 5.26 Å². The Morgan fingerprint density at radius 1 is 1.52 bits per heavy atom. The molecule has 5 nitrogen and oxygen atoms in total. The molecule has 1 atom stereocenters. The van der Waals surface area contributed by atoms with Gasteiger partial charge in [0.05, 0.1) is 6.54 Å². The topological polar surface area (TPSA) is 72.2 Å². The fraction of sp³-hybridized carbons (Fsp3) is 0.267. The van der Waals surface area contributed by atoms with Crippen LogP contribution in [-0.2, 0) is 0 Å². The summed E-state index contributed by atoms with van der Waals surface area (Å²) in [6.45, 7) is 3.35. The van der Waals surface area contributed by atoms with E-state index in [0.29, 0.717) is 11.5 Å². The monoisotopic (exact) mass is 284 g/mol. The van der Waals surface area contributed by atoms with E-state index in [2.05, 4.69) is 9.98 Å². The van der Waals surface area contributed by atoms with Gasteiger partial charge in [0.15, 0.2) is 0 Å². The van der Waals surface area contributed by atoms with Gasteiger partial charge in [0.25, 0.3) is 5.56 Å². The second-order valence-electron chi connectivity index (χ2n) is 5.32. The Kier molecular flexibility index (Phi) is 2.80. The fourth-order valence-electron chi connectivity index (χ4n) is 2.52. The molecular weight excluding hydrogens is 271 g/mol. The Morgan fingerprint density at radius 3 is 3.00 bits per heavy atom. The van der Waals surface area contributed by atoms with E-state index in [0.717, 1.165) is 11.1 Å². The lowest BCUT2D eigenvalue weighted by molar-refractivity contribution is 0.197. The molecule has 0 bridgehead atoms. The molecule has 0 saturated heterocycles. The lowest BCUT2D eigenvalue weighted by Crippen LogP contribution is -2.28. The van der Waals surface area contributed by atoms with Gasteiger partial charge >= 0.3 is 0 Å². The third-order valence-corrected chi connectivity index (χ3v) is 3.48. The van der Waals surface area contributed by atoms with Crippen LogP contribution in [0.25, 0.3) is 5.57 Å². The normalized spacial score (nSPS) is 23.4. The highest BCUT2D eigenvalue weighted by molar-refractivity contribution is 6.01. The van der Waals surface area contributed by atoms with Crippen molar-refractivity contribution in [2.75, 3.05) is 6.54 Å². The lowest BCUT2D eigenvalue weighted by atomic mass is 10.0. The maximum absolute atomic E-state index is 13.9. The summed E-state index contributed by atoms with van der Waals surface area (Å²) in [5.41, 5.74) is 1.86. The quantitative estimate of drug-likeness (QED) is 0.800. The third kappa shape index (κ3) is 2.27. The van der Waals surface area contributed by atoms with Crippen LogP contribution in [0.2, 0.25) is 0 Å². The molecule has 1 aromatic heterocycles. The number of H-pyrrole nitrogens is 1. The first-order valence-electron chi connectivity index (χ1n) is 6.49. The van der Waals surface area contributed by atoms with Crippen LogP contribution >= 0.6 is 0 Å². The molecule has 1 N–H and O–H groups in total. The van der Waals surface area contributed by atoms with E-state index in [9.17, 15) is 9.18 Å². The molecule has 0 saturated carbocycles. The van der Waals surface area contributed by atoms with Gasteiger partial charge in [-0.1, -0.05) is 0 Å². The predicted octanol–water partition coefficient (Wildman–Crippen LogP) is 1.87. The number of aromatic amines is 1. The first kappa shape index (κ1) is 13.3. The number of hydrogen-bond acceptors (Lipinski definition) is 4. The molecule has 0 radical (unpaired) electrons. The van der Waals surface area contributed by atoms with E-state index >= 15 is 0 Å². The number of nitrogens with zero attached hydrogens (tertiary/aromatic N) is 3. The zero-order valence-corrected chi connectivity index (χ0v) is 11.6. The third-order valence-electron chi connectivity index (χ3n) is 3.48. The molecule has 0 aliphatic carbocycles. The summed E-state index contributed by atoms with van der Waals surface area (Å²) in [5, 5.41) is 8.96. The van der Waals surface area contributed by atoms with Gasteiger partial charge in [0.2, 0.25) is 5.79 Å². The number of hydrogen-bond donors (Lipinski definition) is 1. The standard InChI is InChI=1S/C15H13FN4O/c1-9-12(5-11(6-17)14(21)18-9)10-3-4-13-19-15(2,16)8-20(13)7-10/h3-5,7H,8H2,1-2H3,(H,18,21). The molecule has 6 heteroatoms. The van der Waals surface area contributed by atoms with Crippen LogP contribution in [0, 0.1) is 18.3 Å².